The second kappa shape index (κ2) is 6.95. The van der Waals surface area contributed by atoms with Crippen LogP contribution in [0.3, 0.4) is 0 Å². The van der Waals surface area contributed by atoms with Gasteiger partial charge in [0.15, 0.2) is 0 Å². The zero-order chi connectivity index (χ0) is 18.8. The number of carbonyl (C=O) groups excluding carboxylic acids is 3. The highest BCUT2D eigenvalue weighted by Gasteiger charge is 2.36. The molecule has 0 bridgehead atoms. The summed E-state index contributed by atoms with van der Waals surface area (Å²) in [6, 6.07) is 8.38. The van der Waals surface area contributed by atoms with E-state index < -0.39 is 5.97 Å². The second-order valence-corrected chi connectivity index (χ2v) is 5.94. The fourth-order valence-corrected chi connectivity index (χ4v) is 3.11. The van der Waals surface area contributed by atoms with E-state index in [4.69, 9.17) is 9.47 Å². The predicted octanol–water partition coefficient (Wildman–Crippen LogP) is 2.28. The van der Waals surface area contributed by atoms with E-state index in [0.29, 0.717) is 16.7 Å². The maximum absolute atomic E-state index is 12.5. The molecule has 0 fully saturated rings. The number of methoxy groups -OCH3 is 2. The van der Waals surface area contributed by atoms with Crippen molar-refractivity contribution in [2.45, 2.75) is 12.8 Å². The van der Waals surface area contributed by atoms with Crippen molar-refractivity contribution in [3.63, 3.8) is 0 Å². The molecule has 1 atom stereocenters. The third-order valence-corrected chi connectivity index (χ3v) is 4.40. The minimum absolute atomic E-state index is 0.128. The van der Waals surface area contributed by atoms with Crippen molar-refractivity contribution in [3.05, 3.63) is 58.8 Å². The van der Waals surface area contributed by atoms with Gasteiger partial charge in [0.2, 0.25) is 5.88 Å². The molecule has 0 saturated carbocycles. The first-order valence-corrected chi connectivity index (χ1v) is 8.06. The monoisotopic (exact) mass is 354 g/mol. The van der Waals surface area contributed by atoms with Gasteiger partial charge in [-0.15, -0.1) is 0 Å². The largest absolute Gasteiger partial charge is 0.480 e. The number of ether oxygens (including phenoxy) is 2. The number of nitrogens with zero attached hydrogens (tertiary/aromatic N) is 2. The van der Waals surface area contributed by atoms with Gasteiger partial charge in [-0.1, -0.05) is 19.1 Å². The lowest BCUT2D eigenvalue weighted by Crippen LogP contribution is -2.33. The van der Waals surface area contributed by atoms with Crippen LogP contribution in [0.1, 0.15) is 49.5 Å². The summed E-state index contributed by atoms with van der Waals surface area (Å²) in [5, 5.41) is 0. The van der Waals surface area contributed by atoms with Crippen molar-refractivity contribution < 1.29 is 23.9 Å². The summed E-state index contributed by atoms with van der Waals surface area (Å²) in [5.74, 6) is -1.43. The molecule has 26 heavy (non-hydrogen) atoms. The first kappa shape index (κ1) is 17.6. The number of rotatable bonds is 5. The molecular formula is C19H18N2O5. The van der Waals surface area contributed by atoms with Crippen molar-refractivity contribution in [2.75, 3.05) is 20.8 Å². The molecule has 1 unspecified atom stereocenters. The summed E-state index contributed by atoms with van der Waals surface area (Å²) < 4.78 is 9.99. The second-order valence-electron chi connectivity index (χ2n) is 5.94. The zero-order valence-corrected chi connectivity index (χ0v) is 14.7. The topological polar surface area (TPSA) is 85.8 Å². The number of hydrogen-bond acceptors (Lipinski definition) is 6. The standard InChI is InChI=1S/C19H18N2O5/c1-11(12-8-9-20-16(25-2)15(12)19(24)26-3)10-21-17(22)13-6-4-5-7-14(13)18(21)23/h4-9,11H,10H2,1-3H3. The third-order valence-electron chi connectivity index (χ3n) is 4.40. The van der Waals surface area contributed by atoms with Crippen LogP contribution in [0.25, 0.3) is 0 Å². The summed E-state index contributed by atoms with van der Waals surface area (Å²) in [5.41, 5.74) is 1.58. The van der Waals surface area contributed by atoms with Crippen LogP contribution in [0, 0.1) is 0 Å². The molecule has 0 aliphatic carbocycles. The molecule has 7 heteroatoms. The van der Waals surface area contributed by atoms with E-state index >= 15 is 0 Å². The van der Waals surface area contributed by atoms with Crippen molar-refractivity contribution in [1.82, 2.24) is 9.88 Å². The molecule has 0 N–H and O–H groups in total. The van der Waals surface area contributed by atoms with Crippen molar-refractivity contribution in [3.8, 4) is 5.88 Å². The van der Waals surface area contributed by atoms with Crippen LogP contribution in [0.15, 0.2) is 36.5 Å². The summed E-state index contributed by atoms with van der Waals surface area (Å²) in [6.45, 7) is 1.95. The predicted molar refractivity (Wildman–Crippen MR) is 92.4 cm³/mol. The number of benzene rings is 1. The van der Waals surface area contributed by atoms with E-state index in [9.17, 15) is 14.4 Å². The van der Waals surface area contributed by atoms with E-state index in [2.05, 4.69) is 4.98 Å². The molecule has 134 valence electrons. The quantitative estimate of drug-likeness (QED) is 0.605. The summed E-state index contributed by atoms with van der Waals surface area (Å²) in [4.78, 5) is 42.5. The highest BCUT2D eigenvalue weighted by atomic mass is 16.5. The average molecular weight is 354 g/mol. The highest BCUT2D eigenvalue weighted by Crippen LogP contribution is 2.30. The van der Waals surface area contributed by atoms with Gasteiger partial charge in [0.05, 0.1) is 25.3 Å². The Hall–Kier alpha value is -3.22. The molecule has 1 aromatic heterocycles. The molecule has 0 radical (unpaired) electrons. The first-order chi connectivity index (χ1) is 12.5. The van der Waals surface area contributed by atoms with Crippen LogP contribution < -0.4 is 4.74 Å². The number of amides is 2. The Morgan fingerprint density at radius 2 is 1.73 bits per heavy atom. The number of fused-ring (bicyclic) bond motifs is 1. The van der Waals surface area contributed by atoms with Gasteiger partial charge in [0.25, 0.3) is 11.8 Å². The maximum Gasteiger partial charge on any atom is 0.343 e. The summed E-state index contributed by atoms with van der Waals surface area (Å²) >= 11 is 0. The first-order valence-electron chi connectivity index (χ1n) is 8.06. The van der Waals surface area contributed by atoms with E-state index in [1.54, 1.807) is 30.3 Å². The van der Waals surface area contributed by atoms with Gasteiger partial charge in [-0.3, -0.25) is 14.5 Å². The molecule has 2 amide bonds. The summed E-state index contributed by atoms with van der Waals surface area (Å²) in [6.07, 6.45) is 1.51. The number of carbonyl (C=O) groups is 3. The highest BCUT2D eigenvalue weighted by molar-refractivity contribution is 6.21. The fraction of sp³-hybridized carbons (Fsp3) is 0.263. The lowest BCUT2D eigenvalue weighted by Gasteiger charge is -2.21. The van der Waals surface area contributed by atoms with Crippen molar-refractivity contribution in [1.29, 1.82) is 0 Å². The van der Waals surface area contributed by atoms with Gasteiger partial charge < -0.3 is 9.47 Å². The van der Waals surface area contributed by atoms with E-state index in [-0.39, 0.29) is 35.7 Å². The van der Waals surface area contributed by atoms with Crippen LogP contribution in [-0.2, 0) is 4.74 Å². The van der Waals surface area contributed by atoms with Gasteiger partial charge >= 0.3 is 5.97 Å². The molecule has 1 aliphatic rings. The molecule has 7 nitrogen and oxygen atoms in total. The molecule has 3 rings (SSSR count). The lowest BCUT2D eigenvalue weighted by molar-refractivity contribution is 0.0594. The molecule has 0 spiro atoms. The molecular weight excluding hydrogens is 336 g/mol. The maximum atomic E-state index is 12.5. The van der Waals surface area contributed by atoms with E-state index in [0.717, 1.165) is 0 Å². The Kier molecular flexibility index (Phi) is 4.71. The number of hydrogen-bond donors (Lipinski definition) is 0. The van der Waals surface area contributed by atoms with Gasteiger partial charge in [-0.05, 0) is 23.8 Å². The van der Waals surface area contributed by atoms with Crippen molar-refractivity contribution in [2.24, 2.45) is 0 Å². The van der Waals surface area contributed by atoms with Crippen LogP contribution in [-0.4, -0.2) is 48.4 Å². The zero-order valence-electron chi connectivity index (χ0n) is 14.7. The van der Waals surface area contributed by atoms with Crippen LogP contribution in [0.4, 0.5) is 0 Å². The molecule has 1 aliphatic heterocycles. The van der Waals surface area contributed by atoms with E-state index in [1.807, 2.05) is 6.92 Å². The average Bonchev–Trinajstić information content (AvgIpc) is 2.91. The Balaban J connectivity index is 1.93. The fourth-order valence-electron chi connectivity index (χ4n) is 3.11. The summed E-state index contributed by atoms with van der Waals surface area (Å²) in [7, 11) is 2.68. The van der Waals surface area contributed by atoms with Gasteiger partial charge in [0, 0.05) is 18.7 Å². The number of imide groups is 1. The van der Waals surface area contributed by atoms with Crippen molar-refractivity contribution >= 4 is 17.8 Å². The Labute approximate surface area is 150 Å². The van der Waals surface area contributed by atoms with Gasteiger partial charge in [-0.2, -0.15) is 0 Å². The number of aromatic nitrogens is 1. The van der Waals surface area contributed by atoms with Crippen LogP contribution >= 0.6 is 0 Å². The third kappa shape index (κ3) is 2.81. The van der Waals surface area contributed by atoms with Crippen LogP contribution in [0.5, 0.6) is 5.88 Å². The molecule has 1 aromatic carbocycles. The lowest BCUT2D eigenvalue weighted by atomic mass is 9.96. The normalized spacial score (nSPS) is 14.2. The van der Waals surface area contributed by atoms with Gasteiger partial charge in [0.1, 0.15) is 5.56 Å². The SMILES string of the molecule is COC(=O)c1c(C(C)CN2C(=O)c3ccccc3C2=O)ccnc1OC. The van der Waals surface area contributed by atoms with E-state index in [1.165, 1.54) is 25.3 Å². The Morgan fingerprint density at radius 3 is 2.27 bits per heavy atom. The molecule has 0 saturated heterocycles. The minimum atomic E-state index is -0.584. The minimum Gasteiger partial charge on any atom is -0.480 e. The smallest absolute Gasteiger partial charge is 0.343 e. The van der Waals surface area contributed by atoms with Gasteiger partial charge in [-0.25, -0.2) is 9.78 Å². The molecule has 2 aromatic rings. The number of esters is 1. The molecule has 2 heterocycles. The number of pyridine rings is 1. The Bertz CT molecular complexity index is 858. The van der Waals surface area contributed by atoms with Crippen LogP contribution in [0.2, 0.25) is 0 Å². The Morgan fingerprint density at radius 1 is 1.12 bits per heavy atom.